The Morgan fingerprint density at radius 2 is 1.71 bits per heavy atom. The first-order valence-electron chi connectivity index (χ1n) is 5.17. The highest BCUT2D eigenvalue weighted by Crippen LogP contribution is 2.35. The Labute approximate surface area is 89.1 Å². The molecule has 1 aliphatic rings. The predicted octanol–water partition coefficient (Wildman–Crippen LogP) is 4.34. The van der Waals surface area contributed by atoms with E-state index in [1.54, 1.807) is 0 Å². The van der Waals surface area contributed by atoms with Gasteiger partial charge in [-0.05, 0) is 30.5 Å². The van der Waals surface area contributed by atoms with Gasteiger partial charge in [-0.25, -0.2) is 4.39 Å². The van der Waals surface area contributed by atoms with Gasteiger partial charge in [-0.3, -0.25) is 0 Å². The van der Waals surface area contributed by atoms with Crippen molar-refractivity contribution in [3.05, 3.63) is 34.9 Å². The topological polar surface area (TPSA) is 0 Å². The Balaban J connectivity index is 2.16. The van der Waals surface area contributed by atoms with Crippen LogP contribution in [0.1, 0.15) is 37.2 Å². The lowest BCUT2D eigenvalue weighted by atomic mass is 9.83. The zero-order valence-corrected chi connectivity index (χ0v) is 8.80. The Morgan fingerprint density at radius 1 is 1.07 bits per heavy atom. The number of hydrogen-bond acceptors (Lipinski definition) is 0. The molecule has 76 valence electrons. The molecule has 1 aliphatic carbocycles. The van der Waals surface area contributed by atoms with E-state index < -0.39 is 6.17 Å². The van der Waals surface area contributed by atoms with Gasteiger partial charge in [0.05, 0.1) is 0 Å². The summed E-state index contributed by atoms with van der Waals surface area (Å²) in [5, 5.41) is 0.722. The summed E-state index contributed by atoms with van der Waals surface area (Å²) in [5.74, 6) is 0.0982. The Morgan fingerprint density at radius 3 is 2.36 bits per heavy atom. The van der Waals surface area contributed by atoms with E-state index in [2.05, 4.69) is 0 Å². The van der Waals surface area contributed by atoms with Crippen molar-refractivity contribution < 1.29 is 4.39 Å². The van der Waals surface area contributed by atoms with Crippen LogP contribution < -0.4 is 0 Å². The minimum Gasteiger partial charge on any atom is -0.247 e. The molecule has 1 aromatic carbocycles. The molecule has 0 aromatic heterocycles. The van der Waals surface area contributed by atoms with Crippen molar-refractivity contribution in [1.29, 1.82) is 0 Å². The van der Waals surface area contributed by atoms with Gasteiger partial charge in [0.25, 0.3) is 0 Å². The van der Waals surface area contributed by atoms with Gasteiger partial charge in [-0.2, -0.15) is 0 Å². The number of hydrogen-bond donors (Lipinski definition) is 0. The fourth-order valence-electron chi connectivity index (χ4n) is 2.17. The number of benzene rings is 1. The molecular formula is C12H14ClF. The lowest BCUT2D eigenvalue weighted by Crippen LogP contribution is -2.18. The van der Waals surface area contributed by atoms with Crippen LogP contribution in [0.15, 0.2) is 24.3 Å². The number of rotatable bonds is 1. The lowest BCUT2D eigenvalue weighted by molar-refractivity contribution is 0.216. The SMILES string of the molecule is FC1CCCCC1c1ccc(Cl)cc1. The maximum absolute atomic E-state index is 13.6. The third-order valence-corrected chi connectivity index (χ3v) is 3.23. The molecule has 0 aliphatic heterocycles. The van der Waals surface area contributed by atoms with Gasteiger partial charge < -0.3 is 0 Å². The summed E-state index contributed by atoms with van der Waals surface area (Å²) in [5.41, 5.74) is 1.10. The fraction of sp³-hybridized carbons (Fsp3) is 0.500. The largest absolute Gasteiger partial charge is 0.247 e. The van der Waals surface area contributed by atoms with Crippen molar-refractivity contribution >= 4 is 11.6 Å². The molecule has 0 bridgehead atoms. The summed E-state index contributed by atoms with van der Waals surface area (Å²) in [7, 11) is 0. The minimum atomic E-state index is -0.662. The smallest absolute Gasteiger partial charge is 0.107 e. The van der Waals surface area contributed by atoms with E-state index in [0.29, 0.717) is 6.42 Å². The van der Waals surface area contributed by atoms with Gasteiger partial charge in [0.2, 0.25) is 0 Å². The second-order valence-electron chi connectivity index (χ2n) is 3.96. The van der Waals surface area contributed by atoms with Crippen LogP contribution in [0.25, 0.3) is 0 Å². The second-order valence-corrected chi connectivity index (χ2v) is 4.39. The van der Waals surface area contributed by atoms with Crippen LogP contribution in [0, 0.1) is 0 Å². The summed E-state index contributed by atoms with van der Waals surface area (Å²) < 4.78 is 13.6. The zero-order valence-electron chi connectivity index (χ0n) is 8.05. The molecule has 1 fully saturated rings. The molecule has 1 aromatic rings. The van der Waals surface area contributed by atoms with E-state index in [9.17, 15) is 4.39 Å². The Kier molecular flexibility index (Phi) is 3.07. The average molecular weight is 213 g/mol. The summed E-state index contributed by atoms with van der Waals surface area (Å²) in [6.07, 6.45) is 3.21. The summed E-state index contributed by atoms with van der Waals surface area (Å²) in [4.78, 5) is 0. The molecule has 1 saturated carbocycles. The highest BCUT2D eigenvalue weighted by Gasteiger charge is 2.25. The van der Waals surface area contributed by atoms with Crippen LogP contribution in [-0.4, -0.2) is 6.17 Å². The van der Waals surface area contributed by atoms with Crippen LogP contribution in [0.3, 0.4) is 0 Å². The van der Waals surface area contributed by atoms with E-state index in [1.165, 1.54) is 0 Å². The van der Waals surface area contributed by atoms with E-state index in [-0.39, 0.29) is 5.92 Å². The van der Waals surface area contributed by atoms with Crippen molar-refractivity contribution in [1.82, 2.24) is 0 Å². The quantitative estimate of drug-likeness (QED) is 0.650. The maximum Gasteiger partial charge on any atom is 0.107 e. The molecule has 0 N–H and O–H groups in total. The van der Waals surface area contributed by atoms with Crippen LogP contribution in [0.2, 0.25) is 5.02 Å². The molecular weight excluding hydrogens is 199 g/mol. The molecule has 2 rings (SSSR count). The third-order valence-electron chi connectivity index (χ3n) is 2.98. The van der Waals surface area contributed by atoms with E-state index >= 15 is 0 Å². The van der Waals surface area contributed by atoms with Gasteiger partial charge in [0, 0.05) is 10.9 Å². The van der Waals surface area contributed by atoms with E-state index in [0.717, 1.165) is 29.8 Å². The standard InChI is InChI=1S/C12H14ClF/c13-10-7-5-9(6-8-10)11-3-1-2-4-12(11)14/h5-8,11-12H,1-4H2. The lowest BCUT2D eigenvalue weighted by Gasteiger charge is -2.26. The van der Waals surface area contributed by atoms with E-state index in [4.69, 9.17) is 11.6 Å². The second kappa shape index (κ2) is 4.31. The van der Waals surface area contributed by atoms with Gasteiger partial charge in [-0.1, -0.05) is 36.6 Å². The van der Waals surface area contributed by atoms with Crippen molar-refractivity contribution in [2.24, 2.45) is 0 Å². The van der Waals surface area contributed by atoms with Gasteiger partial charge >= 0.3 is 0 Å². The minimum absolute atomic E-state index is 0.0982. The third kappa shape index (κ3) is 2.09. The first-order valence-corrected chi connectivity index (χ1v) is 5.55. The maximum atomic E-state index is 13.6. The molecule has 14 heavy (non-hydrogen) atoms. The summed E-state index contributed by atoms with van der Waals surface area (Å²) in [6, 6.07) is 7.59. The van der Waals surface area contributed by atoms with Crippen LogP contribution in [-0.2, 0) is 0 Å². The van der Waals surface area contributed by atoms with Gasteiger partial charge in [-0.15, -0.1) is 0 Å². The van der Waals surface area contributed by atoms with Gasteiger partial charge in [0.15, 0.2) is 0 Å². The molecule has 2 atom stereocenters. The van der Waals surface area contributed by atoms with Crippen LogP contribution in [0.5, 0.6) is 0 Å². The van der Waals surface area contributed by atoms with Crippen molar-refractivity contribution in [2.75, 3.05) is 0 Å². The summed E-state index contributed by atoms with van der Waals surface area (Å²) >= 11 is 5.79. The molecule has 0 radical (unpaired) electrons. The molecule has 2 unspecified atom stereocenters. The monoisotopic (exact) mass is 212 g/mol. The molecule has 0 nitrogen and oxygen atoms in total. The molecule has 0 heterocycles. The van der Waals surface area contributed by atoms with E-state index in [1.807, 2.05) is 24.3 Å². The highest BCUT2D eigenvalue weighted by atomic mass is 35.5. The normalized spacial score (nSPS) is 27.6. The van der Waals surface area contributed by atoms with Crippen LogP contribution >= 0.6 is 11.6 Å². The van der Waals surface area contributed by atoms with Crippen molar-refractivity contribution in [2.45, 2.75) is 37.8 Å². The number of alkyl halides is 1. The van der Waals surface area contributed by atoms with Crippen molar-refractivity contribution in [3.63, 3.8) is 0 Å². The van der Waals surface area contributed by atoms with Crippen LogP contribution in [0.4, 0.5) is 4.39 Å². The average Bonchev–Trinajstić information content (AvgIpc) is 2.20. The highest BCUT2D eigenvalue weighted by molar-refractivity contribution is 6.30. The van der Waals surface area contributed by atoms with Crippen molar-refractivity contribution in [3.8, 4) is 0 Å². The summed E-state index contributed by atoms with van der Waals surface area (Å²) in [6.45, 7) is 0. The fourth-order valence-corrected chi connectivity index (χ4v) is 2.30. The molecule has 2 heteroatoms. The Bertz CT molecular complexity index is 294. The Hall–Kier alpha value is -0.560. The molecule has 0 amide bonds. The molecule has 0 spiro atoms. The number of halogens is 2. The molecule has 0 saturated heterocycles. The van der Waals surface area contributed by atoms with Gasteiger partial charge in [0.1, 0.15) is 6.17 Å². The first kappa shape index (κ1) is 9.97. The predicted molar refractivity (Wildman–Crippen MR) is 57.6 cm³/mol. The zero-order chi connectivity index (χ0) is 9.97. The first-order chi connectivity index (χ1) is 6.77.